The molecule has 0 saturated carbocycles. The van der Waals surface area contributed by atoms with Crippen molar-refractivity contribution in [3.05, 3.63) is 24.0 Å². The molecule has 2 aromatic rings. The molecule has 0 bridgehead atoms. The summed E-state index contributed by atoms with van der Waals surface area (Å²) in [5.41, 5.74) is 0. The van der Waals surface area contributed by atoms with Crippen molar-refractivity contribution in [1.29, 1.82) is 0 Å². The Balaban J connectivity index is 2.23. The number of nitrogens with zero attached hydrogens (tertiary/aromatic N) is 3. The third-order valence-electron chi connectivity index (χ3n) is 2.03. The lowest BCUT2D eigenvalue weighted by atomic mass is 10.4. The van der Waals surface area contributed by atoms with Crippen LogP contribution in [-0.4, -0.2) is 26.7 Å². The van der Waals surface area contributed by atoms with Crippen molar-refractivity contribution in [1.82, 2.24) is 20.2 Å². The summed E-state index contributed by atoms with van der Waals surface area (Å²) in [6.07, 6.45) is 2.13. The lowest BCUT2D eigenvalue weighted by molar-refractivity contribution is 0.550. The molecular weight excluding hydrogens is 260 g/mol. The van der Waals surface area contributed by atoms with Crippen LogP contribution in [0.25, 0.3) is 0 Å². The predicted octanol–water partition coefficient (Wildman–Crippen LogP) is 2.45. The zero-order valence-electron chi connectivity index (χ0n) is 9.57. The molecule has 0 fully saturated rings. The average molecular weight is 271 g/mol. The summed E-state index contributed by atoms with van der Waals surface area (Å²) in [5.74, 6) is -1.39. The number of hydrogen-bond donors (Lipinski definition) is 2. The minimum Gasteiger partial charge on any atom is -0.368 e. The van der Waals surface area contributed by atoms with Crippen LogP contribution >= 0.6 is 11.8 Å². The van der Waals surface area contributed by atoms with E-state index in [0.717, 1.165) is 24.2 Å². The molecule has 0 spiro atoms. The lowest BCUT2D eigenvalue weighted by Crippen LogP contribution is -2.06. The van der Waals surface area contributed by atoms with Crippen molar-refractivity contribution >= 4 is 17.6 Å². The van der Waals surface area contributed by atoms with E-state index in [1.54, 1.807) is 0 Å². The first kappa shape index (κ1) is 12.7. The number of nitrogens with one attached hydrogen (secondary N) is 2. The summed E-state index contributed by atoms with van der Waals surface area (Å²) in [4.78, 5) is 7.74. The smallest absolute Gasteiger partial charge is 0.189 e. The minimum atomic E-state index is -0.726. The molecule has 0 atom stereocenters. The molecule has 0 aliphatic carbocycles. The van der Waals surface area contributed by atoms with E-state index in [-0.39, 0.29) is 10.8 Å². The molecule has 2 N–H and O–H groups in total. The number of rotatable bonds is 5. The fourth-order valence-corrected chi connectivity index (χ4v) is 1.90. The SMILES string of the molecule is CCCNc1nc(Sc2ncn[nH]2)c(F)cc1F. The second kappa shape index (κ2) is 5.76. The Morgan fingerprint density at radius 1 is 1.39 bits per heavy atom. The number of halogens is 2. The second-order valence-corrected chi connectivity index (χ2v) is 4.40. The van der Waals surface area contributed by atoms with Crippen molar-refractivity contribution in [2.45, 2.75) is 23.5 Å². The fraction of sp³-hybridized carbons (Fsp3) is 0.300. The van der Waals surface area contributed by atoms with Gasteiger partial charge in [0, 0.05) is 12.6 Å². The summed E-state index contributed by atoms with van der Waals surface area (Å²) >= 11 is 0.955. The molecule has 5 nitrogen and oxygen atoms in total. The molecule has 96 valence electrons. The van der Waals surface area contributed by atoms with Gasteiger partial charge in [-0.05, 0) is 18.2 Å². The van der Waals surface area contributed by atoms with Crippen molar-refractivity contribution in [2.75, 3.05) is 11.9 Å². The van der Waals surface area contributed by atoms with Crippen molar-refractivity contribution in [3.8, 4) is 0 Å². The monoisotopic (exact) mass is 271 g/mol. The summed E-state index contributed by atoms with van der Waals surface area (Å²) in [5, 5.41) is 9.45. The summed E-state index contributed by atoms with van der Waals surface area (Å²) in [6.45, 7) is 2.51. The molecule has 2 heterocycles. The molecule has 0 radical (unpaired) electrons. The van der Waals surface area contributed by atoms with Crippen molar-refractivity contribution in [2.24, 2.45) is 0 Å². The van der Waals surface area contributed by atoms with E-state index in [1.807, 2.05) is 6.92 Å². The standard InChI is InChI=1S/C10H11F2N5S/c1-2-3-13-8-6(11)4-7(12)9(16-8)18-10-14-5-15-17-10/h4-5H,2-3H2,1H3,(H,13,16)(H,14,15,17). The third kappa shape index (κ3) is 2.95. The van der Waals surface area contributed by atoms with Gasteiger partial charge in [0.05, 0.1) is 0 Å². The van der Waals surface area contributed by atoms with Crippen molar-refractivity contribution < 1.29 is 8.78 Å². The van der Waals surface area contributed by atoms with Crippen LogP contribution in [0.1, 0.15) is 13.3 Å². The Bertz CT molecular complexity index is 517. The maximum absolute atomic E-state index is 13.5. The highest BCUT2D eigenvalue weighted by Gasteiger charge is 2.13. The molecule has 0 aromatic carbocycles. The van der Waals surface area contributed by atoms with Crippen LogP contribution in [0.5, 0.6) is 0 Å². The minimum absolute atomic E-state index is 0.0419. The van der Waals surface area contributed by atoms with Gasteiger partial charge in [-0.1, -0.05) is 6.92 Å². The lowest BCUT2D eigenvalue weighted by Gasteiger charge is -2.07. The van der Waals surface area contributed by atoms with Gasteiger partial charge in [0.1, 0.15) is 11.4 Å². The van der Waals surface area contributed by atoms with Gasteiger partial charge in [0.15, 0.2) is 22.6 Å². The average Bonchev–Trinajstić information content (AvgIpc) is 2.84. The zero-order valence-corrected chi connectivity index (χ0v) is 10.4. The van der Waals surface area contributed by atoms with Crippen LogP contribution in [0.3, 0.4) is 0 Å². The summed E-state index contributed by atoms with van der Waals surface area (Å²) in [6, 6.07) is 0.809. The quantitative estimate of drug-likeness (QED) is 0.874. The van der Waals surface area contributed by atoms with Crippen LogP contribution in [0.15, 0.2) is 22.6 Å². The van der Waals surface area contributed by atoms with Gasteiger partial charge in [-0.25, -0.2) is 18.7 Å². The summed E-state index contributed by atoms with van der Waals surface area (Å²) in [7, 11) is 0. The first-order valence-electron chi connectivity index (χ1n) is 5.34. The predicted molar refractivity (Wildman–Crippen MR) is 63.4 cm³/mol. The number of aromatic nitrogens is 4. The number of hydrogen-bond acceptors (Lipinski definition) is 5. The number of anilines is 1. The van der Waals surface area contributed by atoms with Gasteiger partial charge in [-0.15, -0.1) is 0 Å². The van der Waals surface area contributed by atoms with E-state index in [2.05, 4.69) is 25.5 Å². The van der Waals surface area contributed by atoms with E-state index in [9.17, 15) is 8.78 Å². The second-order valence-electron chi connectivity index (χ2n) is 3.43. The molecular formula is C10H11F2N5S. The fourth-order valence-electron chi connectivity index (χ4n) is 1.22. The molecule has 0 aliphatic heterocycles. The maximum atomic E-state index is 13.5. The maximum Gasteiger partial charge on any atom is 0.189 e. The van der Waals surface area contributed by atoms with Gasteiger partial charge in [0.2, 0.25) is 0 Å². The Kier molecular flexibility index (Phi) is 4.08. The first-order chi connectivity index (χ1) is 8.70. The van der Waals surface area contributed by atoms with E-state index in [1.165, 1.54) is 6.33 Å². The molecule has 8 heteroatoms. The van der Waals surface area contributed by atoms with Crippen LogP contribution < -0.4 is 5.32 Å². The highest BCUT2D eigenvalue weighted by atomic mass is 32.2. The molecule has 2 aromatic heterocycles. The summed E-state index contributed by atoms with van der Waals surface area (Å²) < 4.78 is 27.0. The Morgan fingerprint density at radius 2 is 2.22 bits per heavy atom. The van der Waals surface area contributed by atoms with Crippen molar-refractivity contribution in [3.63, 3.8) is 0 Å². The van der Waals surface area contributed by atoms with E-state index >= 15 is 0 Å². The molecule has 2 rings (SSSR count). The number of H-pyrrole nitrogens is 1. The third-order valence-corrected chi connectivity index (χ3v) is 2.90. The highest BCUT2D eigenvalue weighted by Crippen LogP contribution is 2.27. The first-order valence-corrected chi connectivity index (χ1v) is 6.15. The number of aromatic amines is 1. The van der Waals surface area contributed by atoms with E-state index in [4.69, 9.17) is 0 Å². The van der Waals surface area contributed by atoms with Gasteiger partial charge >= 0.3 is 0 Å². The molecule has 0 saturated heterocycles. The Hall–Kier alpha value is -1.70. The Labute approximate surface area is 106 Å². The molecule has 0 unspecified atom stereocenters. The van der Waals surface area contributed by atoms with Crippen LogP contribution in [0.4, 0.5) is 14.6 Å². The normalized spacial score (nSPS) is 10.6. The van der Waals surface area contributed by atoms with Crippen LogP contribution in [0, 0.1) is 11.6 Å². The topological polar surface area (TPSA) is 66.5 Å². The highest BCUT2D eigenvalue weighted by molar-refractivity contribution is 7.99. The zero-order chi connectivity index (χ0) is 13.0. The van der Waals surface area contributed by atoms with E-state index < -0.39 is 11.6 Å². The van der Waals surface area contributed by atoms with Crippen LogP contribution in [0.2, 0.25) is 0 Å². The van der Waals surface area contributed by atoms with Gasteiger partial charge in [0.25, 0.3) is 0 Å². The molecule has 0 amide bonds. The number of pyridine rings is 1. The van der Waals surface area contributed by atoms with E-state index in [0.29, 0.717) is 11.7 Å². The molecule has 18 heavy (non-hydrogen) atoms. The van der Waals surface area contributed by atoms with Crippen LogP contribution in [-0.2, 0) is 0 Å². The largest absolute Gasteiger partial charge is 0.368 e. The molecule has 0 aliphatic rings. The van der Waals surface area contributed by atoms with Gasteiger partial charge in [-0.3, -0.25) is 5.10 Å². The Morgan fingerprint density at radius 3 is 2.89 bits per heavy atom. The van der Waals surface area contributed by atoms with Gasteiger partial charge < -0.3 is 5.32 Å². The van der Waals surface area contributed by atoms with Gasteiger partial charge in [-0.2, -0.15) is 5.10 Å².